The first-order valence-electron chi connectivity index (χ1n) is 9.42. The third-order valence-electron chi connectivity index (χ3n) is 5.60. The van der Waals surface area contributed by atoms with Gasteiger partial charge in [0, 0.05) is 23.7 Å². The van der Waals surface area contributed by atoms with Gasteiger partial charge in [0.2, 0.25) is 0 Å². The lowest BCUT2D eigenvalue weighted by Crippen LogP contribution is -2.31. The predicted octanol–water partition coefficient (Wildman–Crippen LogP) is 5.09. The van der Waals surface area contributed by atoms with E-state index in [9.17, 15) is 0 Å². The molecule has 0 spiro atoms. The van der Waals surface area contributed by atoms with Crippen LogP contribution in [0.15, 0.2) is 59.1 Å². The van der Waals surface area contributed by atoms with E-state index in [1.165, 1.54) is 36.0 Å². The summed E-state index contributed by atoms with van der Waals surface area (Å²) in [5.41, 5.74) is 3.94. The van der Waals surface area contributed by atoms with Crippen molar-refractivity contribution in [3.8, 4) is 0 Å². The Balaban J connectivity index is 1.53. The number of nitrogens with one attached hydrogen (secondary N) is 1. The molecule has 0 aromatic heterocycles. The summed E-state index contributed by atoms with van der Waals surface area (Å²) in [7, 11) is 0. The summed E-state index contributed by atoms with van der Waals surface area (Å²) in [6.45, 7) is 1.91. The smallest absolute Gasteiger partial charge is 0.128 e. The Morgan fingerprint density at radius 2 is 2.16 bits per heavy atom. The number of amidine groups is 1. The fraction of sp³-hybridized carbons (Fsp3) is 0.409. The van der Waals surface area contributed by atoms with Gasteiger partial charge in [-0.15, -0.1) is 0 Å². The molecule has 0 radical (unpaired) electrons. The van der Waals surface area contributed by atoms with Gasteiger partial charge in [0.25, 0.3) is 0 Å². The largest absolute Gasteiger partial charge is 0.370 e. The molecule has 0 bridgehead atoms. The van der Waals surface area contributed by atoms with Gasteiger partial charge in [-0.2, -0.15) is 0 Å². The molecular weight excluding hydrogens is 328 g/mol. The summed E-state index contributed by atoms with van der Waals surface area (Å²) in [4.78, 5) is 4.68. The number of halogens is 1. The number of nitrogens with zero attached hydrogens (tertiary/aromatic N) is 1. The van der Waals surface area contributed by atoms with Crippen LogP contribution in [0.2, 0.25) is 5.02 Å². The van der Waals surface area contributed by atoms with Crippen molar-refractivity contribution in [3.63, 3.8) is 0 Å². The molecule has 1 aromatic carbocycles. The number of benzene rings is 1. The van der Waals surface area contributed by atoms with Crippen LogP contribution in [0.1, 0.15) is 36.8 Å². The molecule has 0 amide bonds. The van der Waals surface area contributed by atoms with Crippen LogP contribution in [0.4, 0.5) is 0 Å². The molecule has 3 heteroatoms. The van der Waals surface area contributed by atoms with E-state index in [1.54, 1.807) is 0 Å². The molecule has 0 saturated carbocycles. The molecule has 1 aromatic rings. The number of hydrogen-bond donors (Lipinski definition) is 1. The second-order valence-electron chi connectivity index (χ2n) is 7.15. The van der Waals surface area contributed by atoms with Crippen LogP contribution in [-0.2, 0) is 6.42 Å². The Bertz CT molecular complexity index is 757. The van der Waals surface area contributed by atoms with Gasteiger partial charge in [0.1, 0.15) is 5.84 Å². The summed E-state index contributed by atoms with van der Waals surface area (Å²) >= 11 is 6.58. The molecule has 2 unspecified atom stereocenters. The number of hydrogen-bond acceptors (Lipinski definition) is 2. The summed E-state index contributed by atoms with van der Waals surface area (Å²) in [5, 5.41) is 4.32. The maximum atomic E-state index is 6.58. The van der Waals surface area contributed by atoms with E-state index in [0.717, 1.165) is 36.8 Å². The highest BCUT2D eigenvalue weighted by atomic mass is 35.5. The molecule has 1 N–H and O–H groups in total. The third kappa shape index (κ3) is 3.59. The van der Waals surface area contributed by atoms with Gasteiger partial charge in [-0.25, -0.2) is 0 Å². The molecule has 3 aliphatic rings. The first-order chi connectivity index (χ1) is 12.3. The van der Waals surface area contributed by atoms with Gasteiger partial charge in [-0.1, -0.05) is 54.1 Å². The van der Waals surface area contributed by atoms with Gasteiger partial charge in [0.15, 0.2) is 0 Å². The lowest BCUT2D eigenvalue weighted by Gasteiger charge is -2.32. The van der Waals surface area contributed by atoms with Gasteiger partial charge in [-0.05, 0) is 61.1 Å². The van der Waals surface area contributed by atoms with E-state index in [0.29, 0.717) is 11.8 Å². The highest BCUT2D eigenvalue weighted by Gasteiger charge is 2.26. The monoisotopic (exact) mass is 352 g/mol. The molecule has 0 saturated heterocycles. The van der Waals surface area contributed by atoms with Crippen LogP contribution in [0.3, 0.4) is 0 Å². The zero-order chi connectivity index (χ0) is 17.1. The van der Waals surface area contributed by atoms with E-state index in [4.69, 9.17) is 11.6 Å². The highest BCUT2D eigenvalue weighted by Crippen LogP contribution is 2.38. The minimum Gasteiger partial charge on any atom is -0.370 e. The predicted molar refractivity (Wildman–Crippen MR) is 106 cm³/mol. The molecule has 2 atom stereocenters. The summed E-state index contributed by atoms with van der Waals surface area (Å²) in [6, 6.07) is 6.21. The van der Waals surface area contributed by atoms with E-state index in [2.05, 4.69) is 46.8 Å². The molecule has 25 heavy (non-hydrogen) atoms. The topological polar surface area (TPSA) is 24.4 Å². The SMILES string of the molecule is Clc1cccc(C2=NCCCN2)c1CCC1CC=CC2=CC=CCC21. The summed E-state index contributed by atoms with van der Waals surface area (Å²) < 4.78 is 0. The number of allylic oxidation sites excluding steroid dienone is 6. The van der Waals surface area contributed by atoms with Crippen molar-refractivity contribution in [3.05, 3.63) is 70.3 Å². The van der Waals surface area contributed by atoms with Crippen molar-refractivity contribution in [2.24, 2.45) is 16.8 Å². The van der Waals surface area contributed by atoms with Crippen LogP contribution in [0.25, 0.3) is 0 Å². The van der Waals surface area contributed by atoms with E-state index in [1.807, 2.05) is 12.1 Å². The maximum absolute atomic E-state index is 6.58. The van der Waals surface area contributed by atoms with Crippen molar-refractivity contribution in [2.45, 2.75) is 32.1 Å². The Kier molecular flexibility index (Phi) is 5.07. The van der Waals surface area contributed by atoms with Crippen LogP contribution in [0, 0.1) is 11.8 Å². The molecule has 1 heterocycles. The minimum absolute atomic E-state index is 0.672. The first kappa shape index (κ1) is 16.7. The lowest BCUT2D eigenvalue weighted by molar-refractivity contribution is 0.352. The summed E-state index contributed by atoms with van der Waals surface area (Å²) in [5.74, 6) is 2.39. The Morgan fingerprint density at radius 3 is 3.04 bits per heavy atom. The number of rotatable bonds is 4. The molecule has 1 aliphatic heterocycles. The Morgan fingerprint density at radius 1 is 1.20 bits per heavy atom. The van der Waals surface area contributed by atoms with Gasteiger partial charge >= 0.3 is 0 Å². The van der Waals surface area contributed by atoms with E-state index < -0.39 is 0 Å². The highest BCUT2D eigenvalue weighted by molar-refractivity contribution is 6.32. The van der Waals surface area contributed by atoms with Crippen LogP contribution in [0.5, 0.6) is 0 Å². The minimum atomic E-state index is 0.672. The second kappa shape index (κ2) is 7.61. The third-order valence-corrected chi connectivity index (χ3v) is 5.95. The van der Waals surface area contributed by atoms with Gasteiger partial charge in [-0.3, -0.25) is 4.99 Å². The Labute approximate surface area is 155 Å². The normalized spacial score (nSPS) is 25.0. The van der Waals surface area contributed by atoms with Gasteiger partial charge in [0.05, 0.1) is 0 Å². The average Bonchev–Trinajstić information content (AvgIpc) is 2.67. The number of aliphatic imine (C=N–C) groups is 1. The van der Waals surface area contributed by atoms with Gasteiger partial charge < -0.3 is 5.32 Å². The zero-order valence-corrected chi connectivity index (χ0v) is 15.3. The van der Waals surface area contributed by atoms with Crippen LogP contribution in [-0.4, -0.2) is 18.9 Å². The zero-order valence-electron chi connectivity index (χ0n) is 14.5. The van der Waals surface area contributed by atoms with Crippen molar-refractivity contribution in [2.75, 3.05) is 13.1 Å². The fourth-order valence-electron chi connectivity index (χ4n) is 4.25. The summed E-state index contributed by atoms with van der Waals surface area (Å²) in [6.07, 6.45) is 17.1. The molecule has 4 rings (SSSR count). The van der Waals surface area contributed by atoms with Crippen LogP contribution >= 0.6 is 11.6 Å². The van der Waals surface area contributed by atoms with Crippen LogP contribution < -0.4 is 5.32 Å². The van der Waals surface area contributed by atoms with E-state index >= 15 is 0 Å². The standard InChI is InChI=1S/C22H25ClN2/c23-21-11-4-10-20(22-24-14-5-15-25-22)19(21)13-12-17-8-3-7-16-6-1-2-9-18(16)17/h1-4,6-7,10-11,17-18H,5,8-9,12-15H2,(H,24,25). The Hall–Kier alpha value is -1.80. The fourth-order valence-corrected chi connectivity index (χ4v) is 4.52. The molecule has 2 aliphatic carbocycles. The van der Waals surface area contributed by atoms with E-state index in [-0.39, 0.29) is 0 Å². The average molecular weight is 353 g/mol. The number of fused-ring (bicyclic) bond motifs is 1. The molecule has 2 nitrogen and oxygen atoms in total. The quantitative estimate of drug-likeness (QED) is 0.801. The second-order valence-corrected chi connectivity index (χ2v) is 7.56. The maximum Gasteiger partial charge on any atom is 0.128 e. The first-order valence-corrected chi connectivity index (χ1v) is 9.80. The molecule has 130 valence electrons. The van der Waals surface area contributed by atoms with Crippen molar-refractivity contribution >= 4 is 17.4 Å². The molecular formula is C22H25ClN2. The van der Waals surface area contributed by atoms with Crippen molar-refractivity contribution in [1.82, 2.24) is 5.32 Å². The van der Waals surface area contributed by atoms with Crippen molar-refractivity contribution < 1.29 is 0 Å². The lowest BCUT2D eigenvalue weighted by atomic mass is 9.73. The van der Waals surface area contributed by atoms with Crippen molar-refractivity contribution in [1.29, 1.82) is 0 Å². The molecule has 0 fully saturated rings.